The Morgan fingerprint density at radius 1 is 1.00 bits per heavy atom. The summed E-state index contributed by atoms with van der Waals surface area (Å²) in [6.07, 6.45) is 2.53. The van der Waals surface area contributed by atoms with Crippen molar-refractivity contribution in [3.05, 3.63) is 58.5 Å². The van der Waals surface area contributed by atoms with Gasteiger partial charge < -0.3 is 14.2 Å². The van der Waals surface area contributed by atoms with Gasteiger partial charge in [0.25, 0.3) is 5.91 Å². The van der Waals surface area contributed by atoms with Gasteiger partial charge in [-0.15, -0.1) is 0 Å². The number of hydrogen-bond acceptors (Lipinski definition) is 6. The Labute approximate surface area is 174 Å². The average Bonchev–Trinajstić information content (AvgIpc) is 2.99. The zero-order chi connectivity index (χ0) is 20.1. The quantitative estimate of drug-likeness (QED) is 0.500. The van der Waals surface area contributed by atoms with E-state index in [1.54, 1.807) is 44.4 Å². The highest BCUT2D eigenvalue weighted by molar-refractivity contribution is 8.26. The molecule has 1 aliphatic rings. The van der Waals surface area contributed by atoms with Crippen molar-refractivity contribution in [3.63, 3.8) is 0 Å². The second kappa shape index (κ2) is 9.12. The number of carbonyl (C=O) groups excluding carboxylic acids is 1. The lowest BCUT2D eigenvalue weighted by atomic mass is 10.1. The van der Waals surface area contributed by atoms with Crippen molar-refractivity contribution >= 4 is 40.3 Å². The highest BCUT2D eigenvalue weighted by atomic mass is 32.2. The minimum Gasteiger partial charge on any atom is -0.496 e. The zero-order valence-electron chi connectivity index (χ0n) is 15.9. The molecule has 0 atom stereocenters. The second-order valence-corrected chi connectivity index (χ2v) is 7.69. The van der Waals surface area contributed by atoms with E-state index < -0.39 is 0 Å². The van der Waals surface area contributed by atoms with Crippen LogP contribution in [-0.2, 0) is 11.2 Å². The van der Waals surface area contributed by atoms with E-state index in [9.17, 15) is 4.79 Å². The summed E-state index contributed by atoms with van der Waals surface area (Å²) in [5.74, 6) is 1.62. The number of thiocarbonyl (C=S) groups is 1. The Hall–Kier alpha value is -2.51. The van der Waals surface area contributed by atoms with Crippen molar-refractivity contribution < 1.29 is 19.0 Å². The molecule has 1 aliphatic heterocycles. The number of nitrogens with zero attached hydrogens (tertiary/aromatic N) is 1. The maximum Gasteiger partial charge on any atom is 0.266 e. The van der Waals surface area contributed by atoms with Crippen LogP contribution < -0.4 is 14.2 Å². The van der Waals surface area contributed by atoms with Crippen LogP contribution in [0.3, 0.4) is 0 Å². The molecule has 1 amide bonds. The first-order valence-corrected chi connectivity index (χ1v) is 9.89. The Morgan fingerprint density at radius 2 is 1.64 bits per heavy atom. The molecule has 0 radical (unpaired) electrons. The largest absolute Gasteiger partial charge is 0.496 e. The number of benzene rings is 2. The van der Waals surface area contributed by atoms with Crippen LogP contribution >= 0.6 is 24.0 Å². The van der Waals surface area contributed by atoms with Crippen LogP contribution in [0.25, 0.3) is 6.08 Å². The predicted octanol–water partition coefficient (Wildman–Crippen LogP) is 4.16. The molecule has 0 aliphatic carbocycles. The summed E-state index contributed by atoms with van der Waals surface area (Å²) < 4.78 is 16.7. The number of thioether (sulfide) groups is 1. The molecule has 0 unspecified atom stereocenters. The van der Waals surface area contributed by atoms with Crippen molar-refractivity contribution in [3.8, 4) is 17.2 Å². The van der Waals surface area contributed by atoms with Crippen LogP contribution in [0.4, 0.5) is 0 Å². The summed E-state index contributed by atoms with van der Waals surface area (Å²) in [6, 6.07) is 13.6. The molecule has 28 heavy (non-hydrogen) atoms. The smallest absolute Gasteiger partial charge is 0.266 e. The van der Waals surface area contributed by atoms with E-state index in [4.69, 9.17) is 26.4 Å². The molecule has 1 fully saturated rings. The standard InChI is InChI=1S/C21H21NO4S2/c1-24-16-13-18(26-3)17(25-2)11-15(16)12-19-20(23)22(21(27)28-19)10-9-14-7-5-4-6-8-14/h4-8,11-13H,9-10H2,1-3H3/b19-12+. The Kier molecular flexibility index (Phi) is 6.59. The Bertz CT molecular complexity index is 912. The summed E-state index contributed by atoms with van der Waals surface area (Å²) in [6.45, 7) is 0.551. The van der Waals surface area contributed by atoms with Gasteiger partial charge in [0, 0.05) is 18.2 Å². The third kappa shape index (κ3) is 4.31. The molecule has 0 N–H and O–H groups in total. The van der Waals surface area contributed by atoms with E-state index in [-0.39, 0.29) is 5.91 Å². The molecule has 146 valence electrons. The first-order valence-electron chi connectivity index (χ1n) is 8.66. The molecule has 1 heterocycles. The van der Waals surface area contributed by atoms with Crippen LogP contribution in [0.5, 0.6) is 17.2 Å². The van der Waals surface area contributed by atoms with Crippen molar-refractivity contribution in [2.45, 2.75) is 6.42 Å². The summed E-state index contributed by atoms with van der Waals surface area (Å²) in [7, 11) is 4.70. The second-order valence-electron chi connectivity index (χ2n) is 6.02. The summed E-state index contributed by atoms with van der Waals surface area (Å²) >= 11 is 6.72. The fourth-order valence-corrected chi connectivity index (χ4v) is 4.18. The number of carbonyl (C=O) groups is 1. The van der Waals surface area contributed by atoms with Gasteiger partial charge in [-0.2, -0.15) is 0 Å². The molecule has 1 saturated heterocycles. The number of ether oxygens (including phenoxy) is 3. The van der Waals surface area contributed by atoms with E-state index in [1.165, 1.54) is 17.3 Å². The number of hydrogen-bond donors (Lipinski definition) is 0. The monoisotopic (exact) mass is 415 g/mol. The molecule has 2 aromatic rings. The first kappa shape index (κ1) is 20.2. The van der Waals surface area contributed by atoms with Crippen molar-refractivity contribution in [2.24, 2.45) is 0 Å². The Morgan fingerprint density at radius 3 is 2.29 bits per heavy atom. The van der Waals surface area contributed by atoms with Gasteiger partial charge in [-0.25, -0.2) is 0 Å². The van der Waals surface area contributed by atoms with Crippen molar-refractivity contribution in [1.29, 1.82) is 0 Å². The molecular weight excluding hydrogens is 394 g/mol. The Balaban J connectivity index is 1.83. The van der Waals surface area contributed by atoms with Gasteiger partial charge >= 0.3 is 0 Å². The fourth-order valence-electron chi connectivity index (χ4n) is 2.89. The number of methoxy groups -OCH3 is 3. The van der Waals surface area contributed by atoms with Crippen LogP contribution in [-0.4, -0.2) is 43.0 Å². The number of amides is 1. The molecule has 5 nitrogen and oxygen atoms in total. The normalized spacial score (nSPS) is 15.2. The summed E-state index contributed by atoms with van der Waals surface area (Å²) in [5, 5.41) is 0. The number of rotatable bonds is 7. The van der Waals surface area contributed by atoms with Crippen molar-refractivity contribution in [1.82, 2.24) is 4.90 Å². The molecular formula is C21H21NO4S2. The average molecular weight is 416 g/mol. The topological polar surface area (TPSA) is 48.0 Å². The van der Waals surface area contributed by atoms with E-state index in [1.807, 2.05) is 30.3 Å². The van der Waals surface area contributed by atoms with Gasteiger partial charge in [-0.3, -0.25) is 9.69 Å². The highest BCUT2D eigenvalue weighted by Gasteiger charge is 2.32. The lowest BCUT2D eigenvalue weighted by molar-refractivity contribution is -0.122. The molecule has 3 rings (SSSR count). The third-order valence-corrected chi connectivity index (χ3v) is 5.74. The van der Waals surface area contributed by atoms with Crippen LogP contribution in [0, 0.1) is 0 Å². The lowest BCUT2D eigenvalue weighted by Gasteiger charge is -2.14. The van der Waals surface area contributed by atoms with E-state index in [2.05, 4.69) is 0 Å². The minimum atomic E-state index is -0.0947. The van der Waals surface area contributed by atoms with E-state index in [0.717, 1.165) is 12.0 Å². The predicted molar refractivity (Wildman–Crippen MR) is 116 cm³/mol. The van der Waals surface area contributed by atoms with Gasteiger partial charge in [0.1, 0.15) is 10.1 Å². The van der Waals surface area contributed by atoms with Gasteiger partial charge in [-0.1, -0.05) is 54.3 Å². The summed E-state index contributed by atoms with van der Waals surface area (Å²) in [4.78, 5) is 15.1. The first-order chi connectivity index (χ1) is 13.6. The fraction of sp³-hybridized carbons (Fsp3) is 0.238. The maximum absolute atomic E-state index is 12.9. The summed E-state index contributed by atoms with van der Waals surface area (Å²) in [5.41, 5.74) is 1.89. The maximum atomic E-state index is 12.9. The van der Waals surface area contributed by atoms with E-state index >= 15 is 0 Å². The third-order valence-electron chi connectivity index (χ3n) is 4.36. The van der Waals surface area contributed by atoms with Gasteiger partial charge in [0.05, 0.1) is 26.2 Å². The van der Waals surface area contributed by atoms with Gasteiger partial charge in [0.2, 0.25) is 0 Å². The molecule has 0 saturated carbocycles. The van der Waals surface area contributed by atoms with Gasteiger partial charge in [-0.05, 0) is 24.1 Å². The molecule has 7 heteroatoms. The molecule has 0 aromatic heterocycles. The lowest BCUT2D eigenvalue weighted by Crippen LogP contribution is -2.30. The molecule has 0 bridgehead atoms. The molecule has 0 spiro atoms. The van der Waals surface area contributed by atoms with Crippen LogP contribution in [0.1, 0.15) is 11.1 Å². The highest BCUT2D eigenvalue weighted by Crippen LogP contribution is 2.39. The zero-order valence-corrected chi connectivity index (χ0v) is 17.6. The SMILES string of the molecule is COc1cc(OC)c(OC)cc1/C=C1/SC(=S)N(CCc2ccccc2)C1=O. The van der Waals surface area contributed by atoms with Crippen LogP contribution in [0.2, 0.25) is 0 Å². The minimum absolute atomic E-state index is 0.0947. The van der Waals surface area contributed by atoms with Crippen molar-refractivity contribution in [2.75, 3.05) is 27.9 Å². The van der Waals surface area contributed by atoms with Gasteiger partial charge in [0.15, 0.2) is 11.5 Å². The van der Waals surface area contributed by atoms with E-state index in [0.29, 0.717) is 33.0 Å². The van der Waals surface area contributed by atoms with Crippen LogP contribution in [0.15, 0.2) is 47.4 Å². The molecule has 2 aromatic carbocycles.